The first-order valence-electron chi connectivity index (χ1n) is 7.25. The van der Waals surface area contributed by atoms with Gasteiger partial charge in [0.05, 0.1) is 7.11 Å². The molecule has 1 N–H and O–H groups in total. The molecule has 0 aliphatic carbocycles. The molecule has 0 bridgehead atoms. The van der Waals surface area contributed by atoms with Gasteiger partial charge in [0.25, 0.3) is 0 Å². The zero-order chi connectivity index (χ0) is 15.4. The van der Waals surface area contributed by atoms with Gasteiger partial charge < -0.3 is 10.1 Å². The van der Waals surface area contributed by atoms with Crippen LogP contribution in [0.15, 0.2) is 30.3 Å². The first-order chi connectivity index (χ1) is 9.99. The Labute approximate surface area is 126 Å². The molecule has 0 fully saturated rings. The van der Waals surface area contributed by atoms with Gasteiger partial charge in [-0.05, 0) is 31.5 Å². The van der Waals surface area contributed by atoms with Crippen molar-refractivity contribution in [2.75, 3.05) is 12.4 Å². The van der Waals surface area contributed by atoms with Crippen molar-refractivity contribution in [1.29, 1.82) is 0 Å². The third-order valence-electron chi connectivity index (χ3n) is 3.37. The number of hydrogen-bond acceptors (Lipinski definition) is 4. The predicted molar refractivity (Wildman–Crippen MR) is 85.9 cm³/mol. The molecule has 2 aromatic rings. The summed E-state index contributed by atoms with van der Waals surface area (Å²) < 4.78 is 5.18. The quantitative estimate of drug-likeness (QED) is 0.898. The van der Waals surface area contributed by atoms with Gasteiger partial charge in [0.2, 0.25) is 0 Å². The van der Waals surface area contributed by atoms with E-state index in [0.717, 1.165) is 23.1 Å². The van der Waals surface area contributed by atoms with Gasteiger partial charge in [0.1, 0.15) is 17.4 Å². The lowest BCUT2D eigenvalue weighted by atomic mass is 10.1. The molecule has 0 aliphatic rings. The minimum Gasteiger partial charge on any atom is -0.497 e. The van der Waals surface area contributed by atoms with Crippen LogP contribution in [-0.4, -0.2) is 17.1 Å². The molecule has 2 rings (SSSR count). The molecule has 0 spiro atoms. The number of benzene rings is 1. The van der Waals surface area contributed by atoms with Crippen LogP contribution in [0, 0.1) is 6.92 Å². The Hall–Kier alpha value is -2.10. The maximum absolute atomic E-state index is 5.18. The second kappa shape index (κ2) is 6.57. The lowest BCUT2D eigenvalue weighted by molar-refractivity contribution is 0.414. The Bertz CT molecular complexity index is 593. The van der Waals surface area contributed by atoms with Crippen LogP contribution >= 0.6 is 0 Å². The zero-order valence-corrected chi connectivity index (χ0v) is 13.3. The number of hydrogen-bond donors (Lipinski definition) is 1. The first kappa shape index (κ1) is 15.3. The maximum Gasteiger partial charge on any atom is 0.133 e. The van der Waals surface area contributed by atoms with Crippen molar-refractivity contribution in [2.45, 2.75) is 39.7 Å². The number of aryl methyl sites for hydroxylation is 1. The molecule has 4 nitrogen and oxygen atoms in total. The third kappa shape index (κ3) is 3.94. The number of nitrogens with zero attached hydrogens (tertiary/aromatic N) is 2. The highest BCUT2D eigenvalue weighted by Gasteiger charge is 2.10. The highest BCUT2D eigenvalue weighted by Crippen LogP contribution is 2.22. The molecule has 0 radical (unpaired) electrons. The Balaban J connectivity index is 2.16. The molecule has 21 heavy (non-hydrogen) atoms. The van der Waals surface area contributed by atoms with Gasteiger partial charge in [0, 0.05) is 23.7 Å². The molecule has 112 valence electrons. The van der Waals surface area contributed by atoms with Gasteiger partial charge in [0.15, 0.2) is 0 Å². The van der Waals surface area contributed by atoms with Crippen molar-refractivity contribution in [3.8, 4) is 5.75 Å². The molecule has 0 saturated carbocycles. The fourth-order valence-corrected chi connectivity index (χ4v) is 2.12. The summed E-state index contributed by atoms with van der Waals surface area (Å²) in [7, 11) is 1.67. The second-order valence-corrected chi connectivity index (χ2v) is 5.55. The molecular weight excluding hydrogens is 262 g/mol. The second-order valence-electron chi connectivity index (χ2n) is 5.55. The number of aromatic nitrogens is 2. The fourth-order valence-electron chi connectivity index (χ4n) is 2.12. The SMILES string of the molecule is COc1ccc(C(C)Nc2cc(C)nc(C(C)C)n2)cc1. The van der Waals surface area contributed by atoms with Gasteiger partial charge in [-0.25, -0.2) is 9.97 Å². The van der Waals surface area contributed by atoms with Crippen LogP contribution in [0.3, 0.4) is 0 Å². The molecule has 4 heteroatoms. The van der Waals surface area contributed by atoms with E-state index in [9.17, 15) is 0 Å². The topological polar surface area (TPSA) is 47.0 Å². The van der Waals surface area contributed by atoms with Gasteiger partial charge >= 0.3 is 0 Å². The number of ether oxygens (including phenoxy) is 1. The number of anilines is 1. The minimum atomic E-state index is 0.171. The molecule has 1 atom stereocenters. The monoisotopic (exact) mass is 285 g/mol. The van der Waals surface area contributed by atoms with Crippen LogP contribution in [0.1, 0.15) is 49.8 Å². The summed E-state index contributed by atoms with van der Waals surface area (Å²) in [4.78, 5) is 9.05. The van der Waals surface area contributed by atoms with Gasteiger partial charge in [-0.15, -0.1) is 0 Å². The van der Waals surface area contributed by atoms with E-state index in [-0.39, 0.29) is 6.04 Å². The van der Waals surface area contributed by atoms with Crippen LogP contribution in [0.5, 0.6) is 5.75 Å². The Morgan fingerprint density at radius 2 is 1.71 bits per heavy atom. The van der Waals surface area contributed by atoms with Crippen molar-refractivity contribution in [2.24, 2.45) is 0 Å². The molecule has 0 saturated heterocycles. The van der Waals surface area contributed by atoms with E-state index >= 15 is 0 Å². The molecular formula is C17H23N3O. The number of methoxy groups -OCH3 is 1. The van der Waals surface area contributed by atoms with E-state index in [1.54, 1.807) is 7.11 Å². The zero-order valence-electron chi connectivity index (χ0n) is 13.3. The van der Waals surface area contributed by atoms with E-state index < -0.39 is 0 Å². The van der Waals surface area contributed by atoms with E-state index in [1.165, 1.54) is 5.56 Å². The largest absolute Gasteiger partial charge is 0.497 e. The average Bonchev–Trinajstić information content (AvgIpc) is 2.46. The predicted octanol–water partition coefficient (Wildman–Crippen LogP) is 4.09. The van der Waals surface area contributed by atoms with Gasteiger partial charge in [-0.1, -0.05) is 26.0 Å². The van der Waals surface area contributed by atoms with E-state index in [2.05, 4.69) is 48.2 Å². The van der Waals surface area contributed by atoms with Gasteiger partial charge in [-0.2, -0.15) is 0 Å². The summed E-state index contributed by atoms with van der Waals surface area (Å²) in [5.74, 6) is 2.93. The Morgan fingerprint density at radius 3 is 2.29 bits per heavy atom. The van der Waals surface area contributed by atoms with Crippen molar-refractivity contribution in [3.05, 3.63) is 47.4 Å². The van der Waals surface area contributed by atoms with Crippen molar-refractivity contribution >= 4 is 5.82 Å². The summed E-state index contributed by atoms with van der Waals surface area (Å²) in [6, 6.07) is 10.2. The van der Waals surface area contributed by atoms with Crippen LogP contribution in [0.2, 0.25) is 0 Å². The van der Waals surface area contributed by atoms with E-state index in [0.29, 0.717) is 5.92 Å². The molecule has 1 aromatic heterocycles. The first-order valence-corrected chi connectivity index (χ1v) is 7.25. The summed E-state index contributed by atoms with van der Waals surface area (Å²) in [5, 5.41) is 3.44. The van der Waals surface area contributed by atoms with E-state index in [1.807, 2.05) is 25.1 Å². The molecule has 1 unspecified atom stereocenters. The highest BCUT2D eigenvalue weighted by atomic mass is 16.5. The fraction of sp³-hybridized carbons (Fsp3) is 0.412. The third-order valence-corrected chi connectivity index (χ3v) is 3.37. The highest BCUT2D eigenvalue weighted by molar-refractivity contribution is 5.40. The van der Waals surface area contributed by atoms with E-state index in [4.69, 9.17) is 4.74 Å². The summed E-state index contributed by atoms with van der Waals surface area (Å²) in [6.07, 6.45) is 0. The maximum atomic E-state index is 5.18. The summed E-state index contributed by atoms with van der Waals surface area (Å²) in [5.41, 5.74) is 2.18. The van der Waals surface area contributed by atoms with Gasteiger partial charge in [-0.3, -0.25) is 0 Å². The Kier molecular flexibility index (Phi) is 4.78. The number of rotatable bonds is 5. The standard InChI is InChI=1S/C17H23N3O/c1-11(2)17-18-12(3)10-16(20-17)19-13(4)14-6-8-15(21-5)9-7-14/h6-11,13H,1-5H3,(H,18,19,20). The van der Waals surface area contributed by atoms with Crippen molar-refractivity contribution in [1.82, 2.24) is 9.97 Å². The summed E-state index contributed by atoms with van der Waals surface area (Å²) in [6.45, 7) is 8.32. The van der Waals surface area contributed by atoms with Crippen LogP contribution in [0.4, 0.5) is 5.82 Å². The Morgan fingerprint density at radius 1 is 1.05 bits per heavy atom. The molecule has 1 aromatic carbocycles. The normalized spacial score (nSPS) is 12.3. The van der Waals surface area contributed by atoms with Crippen LogP contribution in [-0.2, 0) is 0 Å². The van der Waals surface area contributed by atoms with Crippen molar-refractivity contribution < 1.29 is 4.74 Å². The lowest BCUT2D eigenvalue weighted by Gasteiger charge is -2.17. The van der Waals surface area contributed by atoms with Crippen molar-refractivity contribution in [3.63, 3.8) is 0 Å². The lowest BCUT2D eigenvalue weighted by Crippen LogP contribution is -2.10. The summed E-state index contributed by atoms with van der Waals surface area (Å²) >= 11 is 0. The minimum absolute atomic E-state index is 0.171. The van der Waals surface area contributed by atoms with Crippen LogP contribution in [0.25, 0.3) is 0 Å². The van der Waals surface area contributed by atoms with Crippen LogP contribution < -0.4 is 10.1 Å². The molecule has 0 aliphatic heterocycles. The molecule has 0 amide bonds. The smallest absolute Gasteiger partial charge is 0.133 e. The number of nitrogens with one attached hydrogen (secondary N) is 1. The average molecular weight is 285 g/mol. The molecule has 1 heterocycles.